The summed E-state index contributed by atoms with van der Waals surface area (Å²) in [4.78, 5) is 12.4. The first-order chi connectivity index (χ1) is 11.2. The summed E-state index contributed by atoms with van der Waals surface area (Å²) >= 11 is 0. The molecule has 23 heavy (non-hydrogen) atoms. The number of benzene rings is 1. The highest BCUT2D eigenvalue weighted by atomic mass is 16.1. The van der Waals surface area contributed by atoms with E-state index in [2.05, 4.69) is 15.5 Å². The number of rotatable bonds is 5. The predicted octanol–water partition coefficient (Wildman–Crippen LogP) is 2.42. The van der Waals surface area contributed by atoms with Crippen molar-refractivity contribution in [1.82, 2.24) is 14.8 Å². The quantitative estimate of drug-likeness (QED) is 0.887. The molecule has 1 amide bonds. The molecule has 6 nitrogen and oxygen atoms in total. The van der Waals surface area contributed by atoms with Gasteiger partial charge >= 0.3 is 0 Å². The molecule has 2 aromatic rings. The third-order valence-corrected chi connectivity index (χ3v) is 4.56. The number of hydrogen-bond acceptors (Lipinski definition) is 4. The molecule has 1 aromatic carbocycles. The number of nitrogens with zero attached hydrogens (tertiary/aromatic N) is 3. The molecule has 1 aliphatic rings. The van der Waals surface area contributed by atoms with Gasteiger partial charge < -0.3 is 15.6 Å². The number of hydrogen-bond donors (Lipinski definition) is 2. The van der Waals surface area contributed by atoms with Crippen LogP contribution in [0.15, 0.2) is 30.6 Å². The van der Waals surface area contributed by atoms with Gasteiger partial charge in [0.25, 0.3) is 0 Å². The van der Waals surface area contributed by atoms with E-state index in [0.717, 1.165) is 42.9 Å². The van der Waals surface area contributed by atoms with Crippen molar-refractivity contribution >= 4 is 11.6 Å². The fourth-order valence-electron chi connectivity index (χ4n) is 3.24. The average Bonchev–Trinajstić information content (AvgIpc) is 3.17. The Bertz CT molecular complexity index is 681. The maximum atomic E-state index is 12.4. The number of aromatic nitrogens is 3. The Kier molecular flexibility index (Phi) is 4.71. The highest BCUT2D eigenvalue weighted by molar-refractivity contribution is 5.94. The summed E-state index contributed by atoms with van der Waals surface area (Å²) < 4.78 is 1.96. The zero-order chi connectivity index (χ0) is 16.2. The van der Waals surface area contributed by atoms with Crippen LogP contribution in [0.25, 0.3) is 11.4 Å². The third-order valence-electron chi connectivity index (χ3n) is 4.56. The van der Waals surface area contributed by atoms with Crippen molar-refractivity contribution in [1.29, 1.82) is 0 Å². The number of aryl methyl sites for hydroxylation is 1. The Morgan fingerprint density at radius 1 is 1.39 bits per heavy atom. The summed E-state index contributed by atoms with van der Waals surface area (Å²) in [6.45, 7) is 2.82. The summed E-state index contributed by atoms with van der Waals surface area (Å²) in [6.07, 6.45) is 5.37. The van der Waals surface area contributed by atoms with Crippen LogP contribution < -0.4 is 11.1 Å². The van der Waals surface area contributed by atoms with Gasteiger partial charge in [0.15, 0.2) is 5.82 Å². The Balaban J connectivity index is 1.77. The van der Waals surface area contributed by atoms with E-state index in [1.54, 1.807) is 6.33 Å². The molecule has 0 radical (unpaired) electrons. The lowest BCUT2D eigenvalue weighted by molar-refractivity contribution is -0.117. The molecule has 0 aliphatic heterocycles. The van der Waals surface area contributed by atoms with Gasteiger partial charge in [-0.05, 0) is 37.8 Å². The topological polar surface area (TPSA) is 85.8 Å². The molecule has 1 heterocycles. The SMILES string of the molecule is CCn1cnnc1-c1ccccc1NC(=O)C[C@@H]1CCC[C@H]1N. The largest absolute Gasteiger partial charge is 0.327 e. The molecule has 6 heteroatoms. The second kappa shape index (κ2) is 6.91. The van der Waals surface area contributed by atoms with Crippen LogP contribution in [0.5, 0.6) is 0 Å². The van der Waals surface area contributed by atoms with Gasteiger partial charge in [-0.15, -0.1) is 10.2 Å². The molecule has 1 saturated carbocycles. The van der Waals surface area contributed by atoms with E-state index in [0.29, 0.717) is 12.3 Å². The predicted molar refractivity (Wildman–Crippen MR) is 89.7 cm³/mol. The van der Waals surface area contributed by atoms with Crippen LogP contribution in [0.3, 0.4) is 0 Å². The number of para-hydroxylation sites is 1. The summed E-state index contributed by atoms with van der Waals surface area (Å²) in [6, 6.07) is 7.85. The molecule has 3 rings (SSSR count). The molecular formula is C17H23N5O. The lowest BCUT2D eigenvalue weighted by Gasteiger charge is -2.16. The van der Waals surface area contributed by atoms with E-state index < -0.39 is 0 Å². The minimum absolute atomic E-state index is 0.0161. The second-order valence-corrected chi connectivity index (χ2v) is 6.09. The average molecular weight is 313 g/mol. The number of carbonyl (C=O) groups is 1. The van der Waals surface area contributed by atoms with Crippen molar-refractivity contribution in [2.75, 3.05) is 5.32 Å². The fraction of sp³-hybridized carbons (Fsp3) is 0.471. The van der Waals surface area contributed by atoms with Gasteiger partial charge in [0.1, 0.15) is 6.33 Å². The van der Waals surface area contributed by atoms with Gasteiger partial charge in [0, 0.05) is 24.6 Å². The van der Waals surface area contributed by atoms with E-state index >= 15 is 0 Å². The van der Waals surface area contributed by atoms with E-state index in [-0.39, 0.29) is 11.9 Å². The van der Waals surface area contributed by atoms with Gasteiger partial charge in [-0.2, -0.15) is 0 Å². The van der Waals surface area contributed by atoms with Crippen molar-refractivity contribution in [3.63, 3.8) is 0 Å². The molecule has 0 spiro atoms. The number of nitrogens with two attached hydrogens (primary N) is 1. The number of anilines is 1. The van der Waals surface area contributed by atoms with Crippen LogP contribution in [-0.2, 0) is 11.3 Å². The molecule has 1 fully saturated rings. The molecule has 0 unspecified atom stereocenters. The van der Waals surface area contributed by atoms with Gasteiger partial charge in [0.05, 0.1) is 5.69 Å². The second-order valence-electron chi connectivity index (χ2n) is 6.09. The molecule has 0 saturated heterocycles. The first-order valence-electron chi connectivity index (χ1n) is 8.21. The van der Waals surface area contributed by atoms with Crippen LogP contribution in [0.1, 0.15) is 32.6 Å². The van der Waals surface area contributed by atoms with Crippen molar-refractivity contribution in [2.45, 2.75) is 45.2 Å². The van der Waals surface area contributed by atoms with Gasteiger partial charge in [-0.3, -0.25) is 4.79 Å². The molecule has 1 aromatic heterocycles. The van der Waals surface area contributed by atoms with Crippen molar-refractivity contribution in [2.24, 2.45) is 11.7 Å². The smallest absolute Gasteiger partial charge is 0.224 e. The first kappa shape index (κ1) is 15.7. The van der Waals surface area contributed by atoms with Crippen LogP contribution >= 0.6 is 0 Å². The van der Waals surface area contributed by atoms with E-state index in [1.165, 1.54) is 0 Å². The van der Waals surface area contributed by atoms with E-state index in [4.69, 9.17) is 5.73 Å². The van der Waals surface area contributed by atoms with Gasteiger partial charge in [0.2, 0.25) is 5.91 Å². The third kappa shape index (κ3) is 3.42. The Labute approximate surface area is 136 Å². The lowest BCUT2D eigenvalue weighted by atomic mass is 9.99. The molecule has 0 bridgehead atoms. The zero-order valence-electron chi connectivity index (χ0n) is 13.4. The number of amides is 1. The van der Waals surface area contributed by atoms with Crippen LogP contribution in [-0.4, -0.2) is 26.7 Å². The summed E-state index contributed by atoms with van der Waals surface area (Å²) in [5.74, 6) is 1.07. The highest BCUT2D eigenvalue weighted by Crippen LogP contribution is 2.29. The van der Waals surface area contributed by atoms with Crippen LogP contribution in [0, 0.1) is 5.92 Å². The standard InChI is InChI=1S/C17H23N5O/c1-2-22-11-19-21-17(22)13-7-3-4-9-15(13)20-16(23)10-12-6-5-8-14(12)18/h3-4,7,9,11-12,14H,2,5-6,8,10,18H2,1H3,(H,20,23)/t12-,14+/m0/s1. The Morgan fingerprint density at radius 2 is 2.22 bits per heavy atom. The lowest BCUT2D eigenvalue weighted by Crippen LogP contribution is -2.28. The molecule has 3 N–H and O–H groups in total. The normalized spacial score (nSPS) is 20.6. The van der Waals surface area contributed by atoms with E-state index in [1.807, 2.05) is 35.8 Å². The van der Waals surface area contributed by atoms with Crippen LogP contribution in [0.4, 0.5) is 5.69 Å². The Hall–Kier alpha value is -2.21. The summed E-state index contributed by atoms with van der Waals surface area (Å²) in [7, 11) is 0. The maximum Gasteiger partial charge on any atom is 0.224 e. The van der Waals surface area contributed by atoms with Crippen molar-refractivity contribution in [3.05, 3.63) is 30.6 Å². The van der Waals surface area contributed by atoms with Crippen molar-refractivity contribution in [3.8, 4) is 11.4 Å². The minimum atomic E-state index is 0.0161. The number of carbonyl (C=O) groups excluding carboxylic acids is 1. The highest BCUT2D eigenvalue weighted by Gasteiger charge is 2.26. The fourth-order valence-corrected chi connectivity index (χ4v) is 3.24. The van der Waals surface area contributed by atoms with Gasteiger partial charge in [-0.25, -0.2) is 0 Å². The van der Waals surface area contributed by atoms with Crippen molar-refractivity contribution < 1.29 is 4.79 Å². The summed E-state index contributed by atoms with van der Waals surface area (Å²) in [5, 5.41) is 11.2. The summed E-state index contributed by atoms with van der Waals surface area (Å²) in [5.41, 5.74) is 7.72. The number of nitrogens with one attached hydrogen (secondary N) is 1. The molecule has 2 atom stereocenters. The van der Waals surface area contributed by atoms with Crippen LogP contribution in [0.2, 0.25) is 0 Å². The zero-order valence-corrected chi connectivity index (χ0v) is 13.4. The van der Waals surface area contributed by atoms with E-state index in [9.17, 15) is 4.79 Å². The molecule has 122 valence electrons. The maximum absolute atomic E-state index is 12.4. The minimum Gasteiger partial charge on any atom is -0.327 e. The first-order valence-corrected chi connectivity index (χ1v) is 8.21. The molecular weight excluding hydrogens is 290 g/mol. The van der Waals surface area contributed by atoms with Gasteiger partial charge in [-0.1, -0.05) is 18.6 Å². The Morgan fingerprint density at radius 3 is 2.96 bits per heavy atom. The molecule has 1 aliphatic carbocycles. The monoisotopic (exact) mass is 313 g/mol.